The number of carbonyl (C=O) groups is 1. The standard InChI is InChI=1S/C12H27N3O3/c1-3-15(4-2)6-5-7-17-12(16)18-10-11(8-13)9-14/h11H,3-10,13-14H2,1-2H3. The molecule has 0 fully saturated rings. The van der Waals surface area contributed by atoms with Crippen LogP contribution in [0.2, 0.25) is 0 Å². The fraction of sp³-hybridized carbons (Fsp3) is 0.917. The van der Waals surface area contributed by atoms with Crippen molar-refractivity contribution < 1.29 is 14.3 Å². The van der Waals surface area contributed by atoms with Gasteiger partial charge in [0.25, 0.3) is 0 Å². The second-order valence-corrected chi connectivity index (χ2v) is 4.13. The molecule has 108 valence electrons. The molecule has 0 aliphatic carbocycles. The lowest BCUT2D eigenvalue weighted by molar-refractivity contribution is 0.0436. The summed E-state index contributed by atoms with van der Waals surface area (Å²) in [5.74, 6) is 0.00762. The van der Waals surface area contributed by atoms with Gasteiger partial charge in [-0.25, -0.2) is 4.79 Å². The molecule has 0 amide bonds. The van der Waals surface area contributed by atoms with Gasteiger partial charge in [0.2, 0.25) is 0 Å². The van der Waals surface area contributed by atoms with Crippen LogP contribution in [0.4, 0.5) is 4.79 Å². The molecule has 18 heavy (non-hydrogen) atoms. The van der Waals surface area contributed by atoms with E-state index in [1.807, 2.05) is 0 Å². The SMILES string of the molecule is CCN(CC)CCCOC(=O)OCC(CN)CN. The quantitative estimate of drug-likeness (QED) is 0.437. The molecule has 0 spiro atoms. The molecular weight excluding hydrogens is 234 g/mol. The van der Waals surface area contributed by atoms with Gasteiger partial charge in [-0.05, 0) is 32.6 Å². The van der Waals surface area contributed by atoms with Crippen molar-refractivity contribution in [1.29, 1.82) is 0 Å². The van der Waals surface area contributed by atoms with Crippen molar-refractivity contribution in [3.63, 3.8) is 0 Å². The van der Waals surface area contributed by atoms with Crippen LogP contribution in [0.5, 0.6) is 0 Å². The largest absolute Gasteiger partial charge is 0.508 e. The highest BCUT2D eigenvalue weighted by molar-refractivity contribution is 5.59. The van der Waals surface area contributed by atoms with Gasteiger partial charge in [0.15, 0.2) is 0 Å². The van der Waals surface area contributed by atoms with Crippen LogP contribution in [0.25, 0.3) is 0 Å². The van der Waals surface area contributed by atoms with Crippen LogP contribution in [0.1, 0.15) is 20.3 Å². The lowest BCUT2D eigenvalue weighted by Crippen LogP contribution is -2.29. The summed E-state index contributed by atoms with van der Waals surface area (Å²) in [6, 6.07) is 0. The molecule has 0 radical (unpaired) electrons. The summed E-state index contributed by atoms with van der Waals surface area (Å²) in [4.78, 5) is 13.5. The van der Waals surface area contributed by atoms with Gasteiger partial charge in [-0.2, -0.15) is 0 Å². The van der Waals surface area contributed by atoms with Gasteiger partial charge in [-0.15, -0.1) is 0 Å². The number of nitrogens with two attached hydrogens (primary N) is 2. The highest BCUT2D eigenvalue weighted by Crippen LogP contribution is 1.96. The predicted molar refractivity (Wildman–Crippen MR) is 71.3 cm³/mol. The molecule has 0 rings (SSSR count). The first-order valence-corrected chi connectivity index (χ1v) is 6.59. The summed E-state index contributed by atoms with van der Waals surface area (Å²) >= 11 is 0. The van der Waals surface area contributed by atoms with E-state index >= 15 is 0 Å². The first-order valence-electron chi connectivity index (χ1n) is 6.59. The molecule has 0 heterocycles. The van der Waals surface area contributed by atoms with E-state index in [9.17, 15) is 4.79 Å². The summed E-state index contributed by atoms with van der Waals surface area (Å²) in [7, 11) is 0. The average molecular weight is 261 g/mol. The van der Waals surface area contributed by atoms with Crippen molar-refractivity contribution >= 4 is 6.16 Å². The van der Waals surface area contributed by atoms with E-state index in [1.54, 1.807) is 0 Å². The van der Waals surface area contributed by atoms with Crippen LogP contribution in [-0.4, -0.2) is 57.0 Å². The Morgan fingerprint density at radius 1 is 1.17 bits per heavy atom. The Morgan fingerprint density at radius 3 is 2.28 bits per heavy atom. The minimum Gasteiger partial charge on any atom is -0.434 e. The van der Waals surface area contributed by atoms with Gasteiger partial charge in [0.05, 0.1) is 6.61 Å². The first-order chi connectivity index (χ1) is 8.67. The molecular formula is C12H27N3O3. The molecule has 0 unspecified atom stereocenters. The Balaban J connectivity index is 3.53. The molecule has 6 nitrogen and oxygen atoms in total. The van der Waals surface area contributed by atoms with Crippen molar-refractivity contribution in [1.82, 2.24) is 4.90 Å². The van der Waals surface area contributed by atoms with Crippen LogP contribution in [0, 0.1) is 5.92 Å². The van der Waals surface area contributed by atoms with E-state index in [4.69, 9.17) is 20.9 Å². The molecule has 0 saturated heterocycles. The van der Waals surface area contributed by atoms with E-state index in [0.717, 1.165) is 26.1 Å². The van der Waals surface area contributed by atoms with Crippen molar-refractivity contribution in [2.24, 2.45) is 17.4 Å². The van der Waals surface area contributed by atoms with E-state index in [0.29, 0.717) is 19.7 Å². The van der Waals surface area contributed by atoms with E-state index in [2.05, 4.69) is 18.7 Å². The van der Waals surface area contributed by atoms with Crippen molar-refractivity contribution in [3.05, 3.63) is 0 Å². The highest BCUT2D eigenvalue weighted by atomic mass is 16.7. The van der Waals surface area contributed by atoms with Gasteiger partial charge in [-0.3, -0.25) is 0 Å². The van der Waals surface area contributed by atoms with Crippen LogP contribution >= 0.6 is 0 Å². The van der Waals surface area contributed by atoms with Crippen molar-refractivity contribution in [2.45, 2.75) is 20.3 Å². The number of nitrogens with zero attached hydrogens (tertiary/aromatic N) is 1. The molecule has 0 aliphatic heterocycles. The van der Waals surface area contributed by atoms with Gasteiger partial charge in [0.1, 0.15) is 6.61 Å². The zero-order valence-corrected chi connectivity index (χ0v) is 11.6. The van der Waals surface area contributed by atoms with Crippen molar-refractivity contribution in [3.8, 4) is 0 Å². The summed E-state index contributed by atoms with van der Waals surface area (Å²) in [5, 5.41) is 0. The van der Waals surface area contributed by atoms with Gasteiger partial charge < -0.3 is 25.8 Å². The molecule has 0 aromatic rings. The molecule has 6 heteroatoms. The van der Waals surface area contributed by atoms with Gasteiger partial charge in [-0.1, -0.05) is 13.8 Å². The van der Waals surface area contributed by atoms with Crippen LogP contribution in [0.15, 0.2) is 0 Å². The topological polar surface area (TPSA) is 90.8 Å². The van der Waals surface area contributed by atoms with Crippen LogP contribution in [-0.2, 0) is 9.47 Å². The Morgan fingerprint density at radius 2 is 1.78 bits per heavy atom. The van der Waals surface area contributed by atoms with Crippen molar-refractivity contribution in [2.75, 3.05) is 45.9 Å². The third kappa shape index (κ3) is 8.27. The van der Waals surface area contributed by atoms with E-state index in [1.165, 1.54) is 0 Å². The first kappa shape index (κ1) is 17.2. The second kappa shape index (κ2) is 11.3. The van der Waals surface area contributed by atoms with E-state index < -0.39 is 6.16 Å². The highest BCUT2D eigenvalue weighted by Gasteiger charge is 2.09. The lowest BCUT2D eigenvalue weighted by Gasteiger charge is -2.17. The van der Waals surface area contributed by atoms with Crippen LogP contribution in [0.3, 0.4) is 0 Å². The molecule has 0 bridgehead atoms. The second-order valence-electron chi connectivity index (χ2n) is 4.13. The summed E-state index contributed by atoms with van der Waals surface area (Å²) in [6.07, 6.45) is 0.176. The maximum Gasteiger partial charge on any atom is 0.508 e. The summed E-state index contributed by atoms with van der Waals surface area (Å²) < 4.78 is 9.86. The molecule has 4 N–H and O–H groups in total. The maximum atomic E-state index is 11.2. The molecule has 0 aromatic heterocycles. The lowest BCUT2D eigenvalue weighted by atomic mass is 10.2. The van der Waals surface area contributed by atoms with Crippen LogP contribution < -0.4 is 11.5 Å². The van der Waals surface area contributed by atoms with E-state index in [-0.39, 0.29) is 12.5 Å². The summed E-state index contributed by atoms with van der Waals surface area (Å²) in [5.41, 5.74) is 10.9. The maximum absolute atomic E-state index is 11.2. The third-order valence-corrected chi connectivity index (χ3v) is 2.84. The van der Waals surface area contributed by atoms with Gasteiger partial charge >= 0.3 is 6.16 Å². The predicted octanol–water partition coefficient (Wildman–Crippen LogP) is 0.405. The Kier molecular flexibility index (Phi) is 10.7. The third-order valence-electron chi connectivity index (χ3n) is 2.84. The Labute approximate surface area is 110 Å². The Hall–Kier alpha value is -0.850. The fourth-order valence-electron chi connectivity index (χ4n) is 1.44. The number of hydrogen-bond donors (Lipinski definition) is 2. The molecule has 0 aliphatic rings. The number of carbonyl (C=O) groups excluding carboxylic acids is 1. The molecule has 0 atom stereocenters. The number of hydrogen-bond acceptors (Lipinski definition) is 6. The fourth-order valence-corrected chi connectivity index (χ4v) is 1.44. The number of rotatable bonds is 10. The monoisotopic (exact) mass is 261 g/mol. The molecule has 0 aromatic carbocycles. The minimum atomic E-state index is -0.638. The zero-order chi connectivity index (χ0) is 13.8. The summed E-state index contributed by atoms with van der Waals surface area (Å²) in [6.45, 7) is 8.58. The number of ether oxygens (including phenoxy) is 2. The average Bonchev–Trinajstić information content (AvgIpc) is 2.40. The Bertz CT molecular complexity index is 207. The smallest absolute Gasteiger partial charge is 0.434 e. The minimum absolute atomic E-state index is 0.00762. The normalized spacial score (nSPS) is 11.0. The molecule has 0 saturated carbocycles. The van der Waals surface area contributed by atoms with Gasteiger partial charge in [0, 0.05) is 12.5 Å². The zero-order valence-electron chi connectivity index (χ0n) is 11.6.